The normalized spacial score (nSPS) is 10.7. The van der Waals surface area contributed by atoms with Crippen molar-refractivity contribution in [1.82, 2.24) is 4.98 Å². The molecule has 0 saturated heterocycles. The van der Waals surface area contributed by atoms with Crippen LogP contribution in [0.1, 0.15) is 0 Å². The van der Waals surface area contributed by atoms with Crippen LogP contribution < -0.4 is 20.3 Å². The zero-order chi connectivity index (χ0) is 19.5. The van der Waals surface area contributed by atoms with Gasteiger partial charge in [0.2, 0.25) is 0 Å². The Labute approximate surface area is 167 Å². The van der Waals surface area contributed by atoms with Crippen molar-refractivity contribution in [3.05, 3.63) is 89.8 Å². The smallest absolute Gasteiger partial charge is 0.426 e. The van der Waals surface area contributed by atoms with Crippen LogP contribution in [0.15, 0.2) is 79.0 Å². The predicted octanol–water partition coefficient (Wildman–Crippen LogP) is 4.22. The third-order valence-electron chi connectivity index (χ3n) is 4.47. The van der Waals surface area contributed by atoms with Gasteiger partial charge in [-0.1, -0.05) is 48.0 Å². The van der Waals surface area contributed by atoms with Gasteiger partial charge in [0.1, 0.15) is 22.8 Å². The predicted molar refractivity (Wildman–Crippen MR) is 112 cm³/mol. The van der Waals surface area contributed by atoms with E-state index >= 15 is 0 Å². The molecule has 4 rings (SSSR count). The molecule has 0 fully saturated rings. The van der Waals surface area contributed by atoms with E-state index in [9.17, 15) is 4.39 Å². The van der Waals surface area contributed by atoms with E-state index in [1.54, 1.807) is 31.5 Å². The summed E-state index contributed by atoms with van der Waals surface area (Å²) in [4.78, 5) is 4.44. The van der Waals surface area contributed by atoms with Crippen molar-refractivity contribution in [2.75, 3.05) is 7.11 Å². The number of para-hydroxylation sites is 1. The summed E-state index contributed by atoms with van der Waals surface area (Å²) in [5, 5.41) is 1.46. The average Bonchev–Trinajstić information content (AvgIpc) is 2.72. The molecule has 0 amide bonds. The van der Waals surface area contributed by atoms with Gasteiger partial charge in [-0.3, -0.25) is 4.98 Å². The molecular formula is C22H16BClFNO2. The van der Waals surface area contributed by atoms with Crippen molar-refractivity contribution in [2.45, 2.75) is 0 Å². The number of rotatable bonds is 5. The number of hydrogen-bond acceptors (Lipinski definition) is 3. The molecule has 0 aliphatic rings. The van der Waals surface area contributed by atoms with E-state index in [1.807, 2.05) is 42.5 Å². The molecule has 0 aliphatic carbocycles. The standard InChI is InChI=1S/C22H16BClFNO2/c1-27-21-14-17(10-11-19(21)24)23(16-7-3-8-18(25)13-16)28-20-9-2-5-15-6-4-12-26-22(15)20/h2-14H,1H3. The van der Waals surface area contributed by atoms with E-state index in [0.717, 1.165) is 16.4 Å². The molecule has 1 aromatic heterocycles. The lowest BCUT2D eigenvalue weighted by atomic mass is 9.55. The van der Waals surface area contributed by atoms with Crippen LogP contribution in [0.5, 0.6) is 11.5 Å². The Morgan fingerprint density at radius 2 is 1.68 bits per heavy atom. The average molecular weight is 392 g/mol. The molecule has 1 heterocycles. The second-order valence-electron chi connectivity index (χ2n) is 6.28. The van der Waals surface area contributed by atoms with E-state index in [2.05, 4.69) is 4.98 Å². The second kappa shape index (κ2) is 7.91. The minimum atomic E-state index is -0.561. The molecule has 0 saturated carbocycles. The molecule has 138 valence electrons. The van der Waals surface area contributed by atoms with Gasteiger partial charge in [0.25, 0.3) is 0 Å². The van der Waals surface area contributed by atoms with Crippen LogP contribution in [0.4, 0.5) is 4.39 Å². The lowest BCUT2D eigenvalue weighted by Crippen LogP contribution is -2.47. The summed E-state index contributed by atoms with van der Waals surface area (Å²) in [6.45, 7) is -0.561. The summed E-state index contributed by atoms with van der Waals surface area (Å²) in [6, 6.07) is 21.3. The molecule has 28 heavy (non-hydrogen) atoms. The maximum atomic E-state index is 13.9. The zero-order valence-electron chi connectivity index (χ0n) is 15.1. The van der Waals surface area contributed by atoms with Crippen LogP contribution in [0.25, 0.3) is 10.9 Å². The number of ether oxygens (including phenoxy) is 1. The first-order valence-corrected chi connectivity index (χ1v) is 9.13. The van der Waals surface area contributed by atoms with E-state index < -0.39 is 6.92 Å². The Kier molecular flexibility index (Phi) is 5.17. The Morgan fingerprint density at radius 1 is 0.893 bits per heavy atom. The van der Waals surface area contributed by atoms with Crippen LogP contribution in [-0.4, -0.2) is 19.0 Å². The number of pyridine rings is 1. The minimum absolute atomic E-state index is 0.330. The van der Waals surface area contributed by atoms with Crippen LogP contribution in [0.2, 0.25) is 5.02 Å². The molecule has 0 N–H and O–H groups in total. The van der Waals surface area contributed by atoms with Crippen LogP contribution in [-0.2, 0) is 0 Å². The Hall–Kier alpha value is -3.05. The van der Waals surface area contributed by atoms with E-state index in [0.29, 0.717) is 22.0 Å². The molecule has 0 atom stereocenters. The highest BCUT2D eigenvalue weighted by Gasteiger charge is 2.26. The SMILES string of the molecule is COc1cc(B(Oc2cccc3cccnc23)c2cccc(F)c2)ccc1Cl. The number of aromatic nitrogens is 1. The fourth-order valence-electron chi connectivity index (χ4n) is 3.14. The number of fused-ring (bicyclic) bond motifs is 1. The molecule has 6 heteroatoms. The Balaban J connectivity index is 1.83. The van der Waals surface area contributed by atoms with Crippen molar-refractivity contribution < 1.29 is 13.8 Å². The first-order valence-electron chi connectivity index (χ1n) is 8.75. The third-order valence-corrected chi connectivity index (χ3v) is 4.78. The third kappa shape index (κ3) is 3.66. The number of methoxy groups -OCH3 is 1. The van der Waals surface area contributed by atoms with Gasteiger partial charge in [0.05, 0.1) is 12.1 Å². The summed E-state index contributed by atoms with van der Waals surface area (Å²) in [5.74, 6) is 0.810. The molecule has 3 aromatic carbocycles. The molecule has 0 spiro atoms. The first-order chi connectivity index (χ1) is 13.7. The monoisotopic (exact) mass is 391 g/mol. The fraction of sp³-hybridized carbons (Fsp3) is 0.0455. The van der Waals surface area contributed by atoms with E-state index in [4.69, 9.17) is 21.0 Å². The summed E-state index contributed by atoms with van der Waals surface area (Å²) in [5.41, 5.74) is 2.21. The maximum absolute atomic E-state index is 13.9. The minimum Gasteiger partial charge on any atom is -0.550 e. The van der Waals surface area contributed by atoms with Gasteiger partial charge in [-0.15, -0.1) is 0 Å². The highest BCUT2D eigenvalue weighted by Crippen LogP contribution is 2.25. The largest absolute Gasteiger partial charge is 0.550 e. The summed E-state index contributed by atoms with van der Waals surface area (Å²) in [6.07, 6.45) is 1.72. The van der Waals surface area contributed by atoms with Crippen molar-refractivity contribution in [3.8, 4) is 11.5 Å². The van der Waals surface area contributed by atoms with Gasteiger partial charge < -0.3 is 9.39 Å². The highest BCUT2D eigenvalue weighted by atomic mass is 35.5. The molecule has 4 aromatic rings. The van der Waals surface area contributed by atoms with Gasteiger partial charge >= 0.3 is 6.92 Å². The Bertz CT molecular complexity index is 1130. The lowest BCUT2D eigenvalue weighted by molar-refractivity contribution is 0.415. The maximum Gasteiger partial charge on any atom is 0.426 e. The lowest BCUT2D eigenvalue weighted by Gasteiger charge is -2.18. The highest BCUT2D eigenvalue weighted by molar-refractivity contribution is 6.80. The summed E-state index contributed by atoms with van der Waals surface area (Å²) < 4.78 is 25.6. The topological polar surface area (TPSA) is 31.4 Å². The van der Waals surface area contributed by atoms with Crippen molar-refractivity contribution in [2.24, 2.45) is 0 Å². The van der Waals surface area contributed by atoms with E-state index in [-0.39, 0.29) is 5.82 Å². The van der Waals surface area contributed by atoms with Gasteiger partial charge in [0, 0.05) is 11.6 Å². The van der Waals surface area contributed by atoms with Crippen LogP contribution >= 0.6 is 11.6 Å². The first kappa shape index (κ1) is 18.3. The number of nitrogens with zero attached hydrogens (tertiary/aromatic N) is 1. The second-order valence-corrected chi connectivity index (χ2v) is 6.69. The summed E-state index contributed by atoms with van der Waals surface area (Å²) in [7, 11) is 1.55. The number of halogens is 2. The zero-order valence-corrected chi connectivity index (χ0v) is 15.9. The van der Waals surface area contributed by atoms with Gasteiger partial charge in [-0.25, -0.2) is 4.39 Å². The quantitative estimate of drug-likeness (QED) is 0.477. The molecule has 0 bridgehead atoms. The van der Waals surface area contributed by atoms with Crippen LogP contribution in [0.3, 0.4) is 0 Å². The molecule has 0 aliphatic heterocycles. The molecule has 0 radical (unpaired) electrons. The van der Waals surface area contributed by atoms with Crippen LogP contribution in [0, 0.1) is 5.82 Å². The van der Waals surface area contributed by atoms with Crippen molar-refractivity contribution in [3.63, 3.8) is 0 Å². The molecular weight excluding hydrogens is 376 g/mol. The van der Waals surface area contributed by atoms with E-state index in [1.165, 1.54) is 12.1 Å². The van der Waals surface area contributed by atoms with Crippen molar-refractivity contribution >= 4 is 40.3 Å². The molecule has 3 nitrogen and oxygen atoms in total. The van der Waals surface area contributed by atoms with Gasteiger partial charge in [-0.2, -0.15) is 0 Å². The van der Waals surface area contributed by atoms with Gasteiger partial charge in [0.15, 0.2) is 0 Å². The number of hydrogen-bond donors (Lipinski definition) is 0. The Morgan fingerprint density at radius 3 is 2.50 bits per heavy atom. The van der Waals surface area contributed by atoms with Crippen molar-refractivity contribution in [1.29, 1.82) is 0 Å². The van der Waals surface area contributed by atoms with Gasteiger partial charge in [-0.05, 0) is 47.3 Å². The summed E-state index contributed by atoms with van der Waals surface area (Å²) >= 11 is 6.17. The molecule has 0 unspecified atom stereocenters. The number of benzene rings is 3. The fourth-order valence-corrected chi connectivity index (χ4v) is 3.33.